The molecule has 0 unspecified atom stereocenters. The van der Waals surface area contributed by atoms with Gasteiger partial charge in [-0.25, -0.2) is 12.8 Å². The van der Waals surface area contributed by atoms with Gasteiger partial charge in [0.1, 0.15) is 5.82 Å². The molecule has 23 heavy (non-hydrogen) atoms. The zero-order chi connectivity index (χ0) is 16.9. The number of rotatable bonds is 7. The maximum absolute atomic E-state index is 13.1. The Bertz CT molecular complexity index is 764. The second-order valence-corrected chi connectivity index (χ2v) is 7.35. The predicted molar refractivity (Wildman–Crippen MR) is 93.5 cm³/mol. The fraction of sp³-hybridized carbons (Fsp3) is 0.250. The Balaban J connectivity index is 2.03. The number of hydrogen-bond acceptors (Lipinski definition) is 3. The van der Waals surface area contributed by atoms with Gasteiger partial charge in [-0.1, -0.05) is 24.9 Å². The van der Waals surface area contributed by atoms with Crippen LogP contribution < -0.4 is 10.0 Å². The minimum Gasteiger partial charge on any atom is -0.355 e. The molecule has 124 valence electrons. The molecule has 0 saturated heterocycles. The molecule has 0 saturated carbocycles. The maximum Gasteiger partial charge on any atom is 0.232 e. The molecule has 0 aliphatic rings. The fourth-order valence-electron chi connectivity index (χ4n) is 1.93. The van der Waals surface area contributed by atoms with Crippen LogP contribution in [0.15, 0.2) is 42.5 Å². The molecule has 7 heteroatoms. The van der Waals surface area contributed by atoms with Gasteiger partial charge < -0.3 is 5.32 Å². The van der Waals surface area contributed by atoms with Gasteiger partial charge in [0.2, 0.25) is 10.0 Å². The standard InChI is InChI=1S/C16H18ClFN2O2S/c1-2-3-10-23(21,22)20-13-6-4-12(5-7-13)19-14-8-9-16(18)15(17)11-14/h4-9,11,19-20H,2-3,10H2,1H3. The number of nitrogens with one attached hydrogen (secondary N) is 2. The van der Waals surface area contributed by atoms with Crippen molar-refractivity contribution in [2.45, 2.75) is 19.8 Å². The van der Waals surface area contributed by atoms with Crippen molar-refractivity contribution in [2.24, 2.45) is 0 Å². The number of sulfonamides is 1. The molecule has 2 aromatic rings. The maximum atomic E-state index is 13.1. The topological polar surface area (TPSA) is 58.2 Å². The average Bonchev–Trinajstić information content (AvgIpc) is 2.51. The van der Waals surface area contributed by atoms with E-state index in [9.17, 15) is 12.8 Å². The molecular weight excluding hydrogens is 339 g/mol. The van der Waals surface area contributed by atoms with Gasteiger partial charge in [-0.05, 0) is 48.9 Å². The Morgan fingerprint density at radius 1 is 1.04 bits per heavy atom. The molecule has 0 aliphatic carbocycles. The van der Waals surface area contributed by atoms with E-state index in [1.807, 2.05) is 6.92 Å². The third-order valence-electron chi connectivity index (χ3n) is 3.13. The van der Waals surface area contributed by atoms with Crippen molar-refractivity contribution in [1.82, 2.24) is 0 Å². The molecule has 0 spiro atoms. The predicted octanol–water partition coefficient (Wildman–Crippen LogP) is 4.76. The fourth-order valence-corrected chi connectivity index (χ4v) is 3.37. The lowest BCUT2D eigenvalue weighted by atomic mass is 10.2. The van der Waals surface area contributed by atoms with Gasteiger partial charge in [0.05, 0.1) is 10.8 Å². The van der Waals surface area contributed by atoms with E-state index in [1.54, 1.807) is 30.3 Å². The Hall–Kier alpha value is -1.79. The van der Waals surface area contributed by atoms with Crippen LogP contribution in [-0.4, -0.2) is 14.2 Å². The quantitative estimate of drug-likeness (QED) is 0.751. The highest BCUT2D eigenvalue weighted by molar-refractivity contribution is 7.92. The van der Waals surface area contributed by atoms with E-state index in [0.29, 0.717) is 17.8 Å². The van der Waals surface area contributed by atoms with Crippen molar-refractivity contribution >= 4 is 38.7 Å². The van der Waals surface area contributed by atoms with E-state index in [-0.39, 0.29) is 10.8 Å². The summed E-state index contributed by atoms with van der Waals surface area (Å²) < 4.78 is 39.3. The lowest BCUT2D eigenvalue weighted by Crippen LogP contribution is -2.16. The van der Waals surface area contributed by atoms with Crippen molar-refractivity contribution in [3.63, 3.8) is 0 Å². The van der Waals surface area contributed by atoms with E-state index < -0.39 is 15.8 Å². The smallest absolute Gasteiger partial charge is 0.232 e. The zero-order valence-corrected chi connectivity index (χ0v) is 14.2. The van der Waals surface area contributed by atoms with Crippen LogP contribution in [0.4, 0.5) is 21.5 Å². The largest absolute Gasteiger partial charge is 0.355 e. The van der Waals surface area contributed by atoms with Crippen LogP contribution in [0.1, 0.15) is 19.8 Å². The van der Waals surface area contributed by atoms with E-state index >= 15 is 0 Å². The number of halogens is 2. The molecule has 0 radical (unpaired) electrons. The number of benzene rings is 2. The van der Waals surface area contributed by atoms with E-state index in [1.165, 1.54) is 12.1 Å². The summed E-state index contributed by atoms with van der Waals surface area (Å²) >= 11 is 5.73. The minimum atomic E-state index is -3.31. The lowest BCUT2D eigenvalue weighted by molar-refractivity contribution is 0.598. The van der Waals surface area contributed by atoms with E-state index in [2.05, 4.69) is 10.0 Å². The molecule has 4 nitrogen and oxygen atoms in total. The van der Waals surface area contributed by atoms with Crippen molar-refractivity contribution in [2.75, 3.05) is 15.8 Å². The Morgan fingerprint density at radius 2 is 1.65 bits per heavy atom. The van der Waals surface area contributed by atoms with Gasteiger partial charge in [-0.15, -0.1) is 0 Å². The monoisotopic (exact) mass is 356 g/mol. The summed E-state index contributed by atoms with van der Waals surface area (Å²) in [5.41, 5.74) is 1.89. The highest BCUT2D eigenvalue weighted by atomic mass is 35.5. The second kappa shape index (κ2) is 7.66. The van der Waals surface area contributed by atoms with Gasteiger partial charge in [-0.2, -0.15) is 0 Å². The Kier molecular flexibility index (Phi) is 5.85. The second-order valence-electron chi connectivity index (χ2n) is 5.11. The van der Waals surface area contributed by atoms with Gasteiger partial charge in [-0.3, -0.25) is 4.72 Å². The first-order chi connectivity index (χ1) is 10.9. The van der Waals surface area contributed by atoms with Gasteiger partial charge >= 0.3 is 0 Å². The summed E-state index contributed by atoms with van der Waals surface area (Å²) in [6, 6.07) is 11.1. The summed E-state index contributed by atoms with van der Waals surface area (Å²) in [7, 11) is -3.31. The van der Waals surface area contributed by atoms with Crippen LogP contribution in [0.25, 0.3) is 0 Å². The van der Waals surface area contributed by atoms with Crippen LogP contribution >= 0.6 is 11.6 Å². The Labute approximate surface area is 140 Å². The first-order valence-electron chi connectivity index (χ1n) is 7.22. The molecule has 0 amide bonds. The van der Waals surface area contributed by atoms with Gasteiger partial charge in [0.15, 0.2) is 0 Å². The van der Waals surface area contributed by atoms with E-state index in [4.69, 9.17) is 11.6 Å². The number of anilines is 3. The van der Waals surface area contributed by atoms with Crippen molar-refractivity contribution in [1.29, 1.82) is 0 Å². The van der Waals surface area contributed by atoms with Crippen molar-refractivity contribution in [3.05, 3.63) is 53.3 Å². The van der Waals surface area contributed by atoms with Crippen molar-refractivity contribution < 1.29 is 12.8 Å². The molecular formula is C16H18ClFN2O2S. The molecule has 0 aliphatic heterocycles. The average molecular weight is 357 g/mol. The van der Waals surface area contributed by atoms with Crippen LogP contribution in [0, 0.1) is 5.82 Å². The zero-order valence-electron chi connectivity index (χ0n) is 12.6. The highest BCUT2D eigenvalue weighted by Crippen LogP contribution is 2.23. The molecule has 2 aromatic carbocycles. The third kappa shape index (κ3) is 5.41. The van der Waals surface area contributed by atoms with E-state index in [0.717, 1.165) is 12.1 Å². The molecule has 2 rings (SSSR count). The third-order valence-corrected chi connectivity index (χ3v) is 4.80. The molecule has 0 heterocycles. The number of unbranched alkanes of at least 4 members (excludes halogenated alkanes) is 1. The van der Waals surface area contributed by atoms with Crippen LogP contribution in [0.3, 0.4) is 0 Å². The molecule has 0 bridgehead atoms. The van der Waals surface area contributed by atoms with Crippen LogP contribution in [-0.2, 0) is 10.0 Å². The SMILES string of the molecule is CCCCS(=O)(=O)Nc1ccc(Nc2ccc(F)c(Cl)c2)cc1. The van der Waals surface area contributed by atoms with Gasteiger partial charge in [0.25, 0.3) is 0 Å². The van der Waals surface area contributed by atoms with Crippen molar-refractivity contribution in [3.8, 4) is 0 Å². The summed E-state index contributed by atoms with van der Waals surface area (Å²) in [5, 5.41) is 3.11. The van der Waals surface area contributed by atoms with Gasteiger partial charge in [0, 0.05) is 17.1 Å². The molecule has 2 N–H and O–H groups in total. The summed E-state index contributed by atoms with van der Waals surface area (Å²) in [6.45, 7) is 1.94. The molecule has 0 aromatic heterocycles. The molecule has 0 fully saturated rings. The minimum absolute atomic E-state index is 0.0373. The van der Waals surface area contributed by atoms with Crippen LogP contribution in [0.5, 0.6) is 0 Å². The van der Waals surface area contributed by atoms with Crippen LogP contribution in [0.2, 0.25) is 5.02 Å². The normalized spacial score (nSPS) is 11.3. The summed E-state index contributed by atoms with van der Waals surface area (Å²) in [5.74, 6) is -0.369. The lowest BCUT2D eigenvalue weighted by Gasteiger charge is -2.10. The first-order valence-corrected chi connectivity index (χ1v) is 9.25. The highest BCUT2D eigenvalue weighted by Gasteiger charge is 2.09. The summed E-state index contributed by atoms with van der Waals surface area (Å²) in [6.07, 6.45) is 1.45. The first kappa shape index (κ1) is 17.6. The molecule has 0 atom stereocenters. The number of hydrogen-bond donors (Lipinski definition) is 2. The Morgan fingerprint density at radius 3 is 2.26 bits per heavy atom. The summed E-state index contributed by atoms with van der Waals surface area (Å²) in [4.78, 5) is 0.